The number of ether oxygens (including phenoxy) is 1. The Labute approximate surface area is 402 Å². The van der Waals surface area contributed by atoms with Gasteiger partial charge in [0.25, 0.3) is 5.69 Å². The number of fused-ring (bicyclic) bond motifs is 2. The summed E-state index contributed by atoms with van der Waals surface area (Å²) in [5, 5.41) is 106. The molecular formula is C40H30ClCrN7NaO13S+. The van der Waals surface area contributed by atoms with Crippen LogP contribution in [0.5, 0.6) is 28.7 Å². The molecule has 322 valence electrons. The Balaban J connectivity index is 0.000000328. The molecule has 0 aliphatic rings. The summed E-state index contributed by atoms with van der Waals surface area (Å²) < 4.78 is 9.83. The van der Waals surface area contributed by atoms with Crippen LogP contribution in [0.15, 0.2) is 141 Å². The Bertz CT molecular complexity index is 2870. The van der Waals surface area contributed by atoms with E-state index in [1.54, 1.807) is 60.7 Å². The van der Waals surface area contributed by atoms with Crippen molar-refractivity contribution in [3.8, 4) is 28.7 Å². The minimum Gasteiger partial charge on any atom is -0.506 e. The first-order valence-corrected chi connectivity index (χ1v) is 18.7. The zero-order chi connectivity index (χ0) is 44.3. The molecule has 0 aromatic heterocycles. The van der Waals surface area contributed by atoms with Gasteiger partial charge in [0.2, 0.25) is 5.75 Å². The number of non-ortho nitro benzene ring substituents is 1. The van der Waals surface area contributed by atoms with Gasteiger partial charge in [-0.2, -0.15) is 0 Å². The van der Waals surface area contributed by atoms with Gasteiger partial charge in [-0.05, 0) is 83.6 Å². The molecule has 7 rings (SSSR count). The van der Waals surface area contributed by atoms with Gasteiger partial charge in [0, 0.05) is 50.6 Å². The SMILES string of the molecule is O=[N+]([O-])c1cc(N=Nc2c(SOOO)cc3cc(Nc4ccc(OCCO)cc4)ccc3c2O)c(O)c([N+](=O)[O-])c1.Oc1ccc(Cl)cc1N=Nc1c(O)ccc2ccccc12.[Cr].[Na+]. The van der Waals surface area contributed by atoms with E-state index in [0.29, 0.717) is 56.7 Å². The number of phenols is 4. The molecule has 0 amide bonds. The largest absolute Gasteiger partial charge is 1.00 e. The molecule has 24 heteroatoms. The maximum Gasteiger partial charge on any atom is 1.00 e. The number of azo groups is 2. The minimum atomic E-state index is -1.02. The van der Waals surface area contributed by atoms with Gasteiger partial charge in [-0.1, -0.05) is 47.0 Å². The third kappa shape index (κ3) is 12.5. The second kappa shape index (κ2) is 23.5. The molecule has 0 aliphatic heterocycles. The van der Waals surface area contributed by atoms with E-state index in [9.17, 15) is 40.7 Å². The number of nitrogens with one attached hydrogen (secondary N) is 1. The van der Waals surface area contributed by atoms with Gasteiger partial charge in [-0.25, -0.2) is 5.26 Å². The number of phenolic OH excluding ortho intramolecular Hbond substituents is 4. The summed E-state index contributed by atoms with van der Waals surface area (Å²) in [4.78, 5) is 20.5. The topological polar surface area (TPSA) is 297 Å². The van der Waals surface area contributed by atoms with Gasteiger partial charge in [0.15, 0.2) is 5.75 Å². The van der Waals surface area contributed by atoms with E-state index in [1.165, 1.54) is 18.2 Å². The van der Waals surface area contributed by atoms with Crippen LogP contribution in [0.2, 0.25) is 5.02 Å². The standard InChI is InChI=1S/C24H19N5O11S.C16H11ClN2O2.Cr.Na/c30-7-8-38-17-4-1-14(2-5-17)25-15-3-6-18-13(9-15)10-21(41-40-39-37)22(23(18)31)27-26-19-11-16(28(33)34)12-20(24(19)32)29(35)36;17-11-6-8-14(20)13(9-11)18-19-16-12-4-2-1-3-10(12)5-7-15(16)21;;/h1-6,9-12,25,30-32,37H,7-8H2;1-9,20-21H;;/q;;;+1. The monoisotopic (exact) mass is 958 g/mol. The van der Waals surface area contributed by atoms with Crippen LogP contribution in [0, 0.1) is 20.2 Å². The molecule has 7 aromatic rings. The van der Waals surface area contributed by atoms with Crippen molar-refractivity contribution in [2.24, 2.45) is 20.5 Å². The van der Waals surface area contributed by atoms with Gasteiger partial charge in [-0.3, -0.25) is 20.2 Å². The predicted molar refractivity (Wildman–Crippen MR) is 227 cm³/mol. The Kier molecular flexibility index (Phi) is 18.6. The molecule has 0 saturated heterocycles. The van der Waals surface area contributed by atoms with Crippen LogP contribution in [0.3, 0.4) is 0 Å². The molecule has 0 radical (unpaired) electrons. The zero-order valence-corrected chi connectivity index (χ0v) is 37.7. The van der Waals surface area contributed by atoms with Crippen LogP contribution in [0.25, 0.3) is 21.5 Å². The average molecular weight is 959 g/mol. The molecule has 7 aromatic carbocycles. The average Bonchev–Trinajstić information content (AvgIpc) is 3.26. The van der Waals surface area contributed by atoms with E-state index < -0.39 is 38.4 Å². The normalized spacial score (nSPS) is 10.9. The van der Waals surface area contributed by atoms with Crippen molar-refractivity contribution in [2.75, 3.05) is 18.5 Å². The molecule has 20 nitrogen and oxygen atoms in total. The fourth-order valence-electron chi connectivity index (χ4n) is 5.65. The van der Waals surface area contributed by atoms with Crippen LogP contribution < -0.4 is 39.6 Å². The smallest absolute Gasteiger partial charge is 0.506 e. The summed E-state index contributed by atoms with van der Waals surface area (Å²) >= 11 is 6.30. The predicted octanol–water partition coefficient (Wildman–Crippen LogP) is 8.35. The number of nitrogens with zero attached hydrogens (tertiary/aromatic N) is 6. The van der Waals surface area contributed by atoms with Gasteiger partial charge in [-0.15, -0.1) is 24.8 Å². The number of hydrogen-bond donors (Lipinski definition) is 7. The van der Waals surface area contributed by atoms with Crippen LogP contribution in [-0.2, 0) is 26.7 Å². The second-order valence-corrected chi connectivity index (χ2v) is 13.7. The van der Waals surface area contributed by atoms with E-state index in [2.05, 4.69) is 35.1 Å². The summed E-state index contributed by atoms with van der Waals surface area (Å²) in [6, 6.07) is 30.1. The van der Waals surface area contributed by atoms with Crippen molar-refractivity contribution >= 4 is 90.7 Å². The van der Waals surface area contributed by atoms with Crippen LogP contribution in [0.4, 0.5) is 45.5 Å². The van der Waals surface area contributed by atoms with Crippen molar-refractivity contribution in [3.05, 3.63) is 141 Å². The van der Waals surface area contributed by atoms with Gasteiger partial charge in [0.05, 0.1) is 39.5 Å². The molecule has 7 N–H and O–H groups in total. The van der Waals surface area contributed by atoms with Crippen LogP contribution in [0.1, 0.15) is 0 Å². The molecular weight excluding hydrogens is 929 g/mol. The van der Waals surface area contributed by atoms with Crippen molar-refractivity contribution in [2.45, 2.75) is 4.90 Å². The summed E-state index contributed by atoms with van der Waals surface area (Å²) in [6.45, 7) is 0.0583. The number of rotatable bonds is 14. The number of nitro groups is 2. The number of benzene rings is 7. The molecule has 0 heterocycles. The number of halogens is 1. The third-order valence-electron chi connectivity index (χ3n) is 8.50. The number of aromatic hydroxyl groups is 4. The first-order chi connectivity index (χ1) is 29.9. The molecule has 0 unspecified atom stereocenters. The molecule has 0 aliphatic carbocycles. The van der Waals surface area contributed by atoms with E-state index in [0.717, 1.165) is 16.8 Å². The Morgan fingerprint density at radius 1 is 0.688 bits per heavy atom. The minimum absolute atomic E-state index is 0. The molecule has 64 heavy (non-hydrogen) atoms. The number of aliphatic hydroxyl groups excluding tert-OH is 1. The summed E-state index contributed by atoms with van der Waals surface area (Å²) in [6.07, 6.45) is 0. The van der Waals surface area contributed by atoms with E-state index in [4.69, 9.17) is 26.7 Å². The fraction of sp³-hybridized carbons (Fsp3) is 0.0500. The molecule has 0 fully saturated rings. The van der Waals surface area contributed by atoms with Crippen molar-refractivity contribution in [1.82, 2.24) is 0 Å². The zero-order valence-electron chi connectivity index (χ0n) is 32.8. The molecule has 0 atom stereocenters. The van der Waals surface area contributed by atoms with Crippen LogP contribution >= 0.6 is 23.6 Å². The maximum absolute atomic E-state index is 11.2. The van der Waals surface area contributed by atoms with E-state index in [-0.39, 0.29) is 87.9 Å². The summed E-state index contributed by atoms with van der Waals surface area (Å²) in [5.74, 6) is -0.818. The van der Waals surface area contributed by atoms with Crippen molar-refractivity contribution < 1.29 is 102 Å². The summed E-state index contributed by atoms with van der Waals surface area (Å²) in [7, 11) is 0. The first-order valence-electron chi connectivity index (χ1n) is 17.6. The maximum atomic E-state index is 11.2. The number of hydrogen-bond acceptors (Lipinski definition) is 19. The van der Waals surface area contributed by atoms with Gasteiger partial charge in [0.1, 0.15) is 46.6 Å². The Morgan fingerprint density at radius 3 is 2.08 bits per heavy atom. The van der Waals surface area contributed by atoms with E-state index >= 15 is 0 Å². The molecule has 0 saturated carbocycles. The second-order valence-electron chi connectivity index (χ2n) is 12.5. The number of anilines is 2. The van der Waals surface area contributed by atoms with Crippen molar-refractivity contribution in [1.29, 1.82) is 0 Å². The van der Waals surface area contributed by atoms with E-state index in [1.807, 2.05) is 24.3 Å². The molecule has 0 bridgehead atoms. The van der Waals surface area contributed by atoms with Crippen molar-refractivity contribution in [3.63, 3.8) is 0 Å². The quantitative estimate of drug-likeness (QED) is 0.0135. The third-order valence-corrected chi connectivity index (χ3v) is 9.36. The van der Waals surface area contributed by atoms with Gasteiger partial charge < -0.3 is 35.6 Å². The van der Waals surface area contributed by atoms with Gasteiger partial charge >= 0.3 is 35.2 Å². The Hall–Kier alpha value is -6.13. The molecule has 0 spiro atoms. The Morgan fingerprint density at radius 2 is 1.38 bits per heavy atom. The fourth-order valence-corrected chi connectivity index (χ4v) is 6.31. The summed E-state index contributed by atoms with van der Waals surface area (Å²) in [5.41, 5.74) is -0.602. The first kappa shape index (κ1) is 50.5. The number of aliphatic hydroxyl groups is 1. The number of nitro benzene ring substituents is 2. The van der Waals surface area contributed by atoms with Crippen LogP contribution in [-0.4, -0.2) is 53.9 Å².